The van der Waals surface area contributed by atoms with Crippen molar-refractivity contribution < 1.29 is 4.79 Å². The number of benzene rings is 3. The number of nitrogens with zero attached hydrogens (tertiary/aromatic N) is 4. The molecule has 2 heterocycles. The zero-order valence-electron chi connectivity index (χ0n) is 17.6. The van der Waals surface area contributed by atoms with Crippen molar-refractivity contribution in [2.45, 2.75) is 13.5 Å². The maximum Gasteiger partial charge on any atom is 0.255 e. The molecule has 3 aromatic carbocycles. The monoisotopic (exact) mass is 419 g/mol. The van der Waals surface area contributed by atoms with E-state index in [2.05, 4.69) is 37.0 Å². The van der Waals surface area contributed by atoms with Crippen LogP contribution in [0.25, 0.3) is 22.3 Å². The number of carbonyl (C=O) groups excluding carboxylic acids is 1. The second kappa shape index (κ2) is 8.43. The molecule has 0 aliphatic carbocycles. The molecule has 1 N–H and O–H groups in total. The van der Waals surface area contributed by atoms with Gasteiger partial charge in [-0.25, -0.2) is 15.0 Å². The van der Waals surface area contributed by atoms with Gasteiger partial charge in [0.2, 0.25) is 0 Å². The van der Waals surface area contributed by atoms with Crippen LogP contribution in [-0.4, -0.2) is 25.4 Å². The van der Waals surface area contributed by atoms with Gasteiger partial charge in [-0.1, -0.05) is 42.5 Å². The van der Waals surface area contributed by atoms with Crippen LogP contribution >= 0.6 is 0 Å². The number of rotatable bonds is 5. The van der Waals surface area contributed by atoms with E-state index in [1.807, 2.05) is 80.0 Å². The summed E-state index contributed by atoms with van der Waals surface area (Å²) >= 11 is 0. The molecule has 156 valence electrons. The molecule has 6 heteroatoms. The van der Waals surface area contributed by atoms with Gasteiger partial charge in [-0.3, -0.25) is 4.79 Å². The minimum atomic E-state index is -0.171. The fourth-order valence-electron chi connectivity index (χ4n) is 3.66. The number of nitrogens with one attached hydrogen (secondary N) is 1. The van der Waals surface area contributed by atoms with Gasteiger partial charge in [-0.2, -0.15) is 0 Å². The lowest BCUT2D eigenvalue weighted by molar-refractivity contribution is 0.102. The van der Waals surface area contributed by atoms with Gasteiger partial charge in [0, 0.05) is 29.6 Å². The van der Waals surface area contributed by atoms with Crippen molar-refractivity contribution >= 4 is 22.6 Å². The summed E-state index contributed by atoms with van der Waals surface area (Å²) in [5.74, 6) is 0.552. The molecule has 0 atom stereocenters. The predicted octanol–water partition coefficient (Wildman–Crippen LogP) is 5.10. The molecule has 0 aliphatic rings. The number of aryl methyl sites for hydroxylation is 1. The highest BCUT2D eigenvalue weighted by molar-refractivity contribution is 6.06. The lowest BCUT2D eigenvalue weighted by Gasteiger charge is -2.08. The van der Waals surface area contributed by atoms with Crippen LogP contribution in [0.15, 0.2) is 91.4 Å². The van der Waals surface area contributed by atoms with Gasteiger partial charge in [-0.05, 0) is 48.9 Å². The first kappa shape index (κ1) is 19.6. The Balaban J connectivity index is 1.31. The Morgan fingerprint density at radius 1 is 0.938 bits per heavy atom. The zero-order valence-corrected chi connectivity index (χ0v) is 17.6. The summed E-state index contributed by atoms with van der Waals surface area (Å²) in [7, 11) is 0. The number of fused-ring (bicyclic) bond motifs is 1. The number of aromatic nitrogens is 4. The van der Waals surface area contributed by atoms with Crippen LogP contribution in [0.4, 0.5) is 5.69 Å². The largest absolute Gasteiger partial charge is 0.326 e. The number of imidazole rings is 1. The highest BCUT2D eigenvalue weighted by Gasteiger charge is 2.10. The lowest BCUT2D eigenvalue weighted by Crippen LogP contribution is -2.11. The molecular formula is C26H21N5O. The summed E-state index contributed by atoms with van der Waals surface area (Å²) in [5.41, 5.74) is 6.11. The lowest BCUT2D eigenvalue weighted by atomic mass is 10.1. The minimum absolute atomic E-state index is 0.171. The number of amides is 1. The van der Waals surface area contributed by atoms with Crippen LogP contribution in [0.3, 0.4) is 0 Å². The zero-order chi connectivity index (χ0) is 21.9. The Labute approximate surface area is 185 Å². The SMILES string of the molecule is Cc1nccc(-c2ccc(NC(=O)c3ccc4c(c3)ncn4Cc3ccccc3)cc2)n1. The maximum atomic E-state index is 12.8. The molecule has 0 saturated heterocycles. The molecule has 0 unspecified atom stereocenters. The van der Waals surface area contributed by atoms with Crippen molar-refractivity contribution in [1.29, 1.82) is 0 Å². The summed E-state index contributed by atoms with van der Waals surface area (Å²) in [5, 5.41) is 2.95. The summed E-state index contributed by atoms with van der Waals surface area (Å²) in [4.78, 5) is 25.8. The standard InChI is InChI=1S/C26H21N5O/c1-18-27-14-13-23(29-18)20-7-10-22(11-8-20)30-26(32)21-9-12-25-24(15-21)28-17-31(25)16-19-5-3-2-4-6-19/h2-15,17H,16H2,1H3,(H,30,32). The van der Waals surface area contributed by atoms with Gasteiger partial charge in [0.25, 0.3) is 5.91 Å². The first-order valence-electron chi connectivity index (χ1n) is 10.4. The Bertz CT molecular complexity index is 1390. The van der Waals surface area contributed by atoms with Crippen LogP contribution in [-0.2, 0) is 6.54 Å². The van der Waals surface area contributed by atoms with Crippen LogP contribution in [0, 0.1) is 6.92 Å². The fourth-order valence-corrected chi connectivity index (χ4v) is 3.66. The molecule has 2 aromatic heterocycles. The van der Waals surface area contributed by atoms with Crippen molar-refractivity contribution in [1.82, 2.24) is 19.5 Å². The number of anilines is 1. The molecule has 0 spiro atoms. The normalized spacial score (nSPS) is 10.9. The van der Waals surface area contributed by atoms with Gasteiger partial charge in [-0.15, -0.1) is 0 Å². The predicted molar refractivity (Wildman–Crippen MR) is 125 cm³/mol. The molecule has 1 amide bonds. The van der Waals surface area contributed by atoms with E-state index in [1.54, 1.807) is 6.20 Å². The van der Waals surface area contributed by atoms with Crippen molar-refractivity contribution in [3.8, 4) is 11.3 Å². The second-order valence-corrected chi connectivity index (χ2v) is 7.58. The van der Waals surface area contributed by atoms with Gasteiger partial charge >= 0.3 is 0 Å². The quantitative estimate of drug-likeness (QED) is 0.430. The molecular weight excluding hydrogens is 398 g/mol. The Morgan fingerprint density at radius 2 is 1.75 bits per heavy atom. The van der Waals surface area contributed by atoms with Gasteiger partial charge in [0.05, 0.1) is 23.1 Å². The average Bonchev–Trinajstić information content (AvgIpc) is 3.22. The van der Waals surface area contributed by atoms with Crippen LogP contribution in [0.1, 0.15) is 21.7 Å². The number of hydrogen-bond donors (Lipinski definition) is 1. The third kappa shape index (κ3) is 4.11. The summed E-state index contributed by atoms with van der Waals surface area (Å²) in [6, 6.07) is 25.3. The van der Waals surface area contributed by atoms with E-state index in [-0.39, 0.29) is 5.91 Å². The maximum absolute atomic E-state index is 12.8. The van der Waals surface area contributed by atoms with E-state index in [0.29, 0.717) is 5.56 Å². The first-order chi connectivity index (χ1) is 15.7. The topological polar surface area (TPSA) is 72.7 Å². The van der Waals surface area contributed by atoms with Crippen LogP contribution < -0.4 is 5.32 Å². The highest BCUT2D eigenvalue weighted by atomic mass is 16.1. The minimum Gasteiger partial charge on any atom is -0.326 e. The smallest absolute Gasteiger partial charge is 0.255 e. The summed E-state index contributed by atoms with van der Waals surface area (Å²) < 4.78 is 2.08. The molecule has 0 radical (unpaired) electrons. The van der Waals surface area contributed by atoms with Crippen molar-refractivity contribution in [3.63, 3.8) is 0 Å². The molecule has 6 nitrogen and oxygen atoms in total. The summed E-state index contributed by atoms with van der Waals surface area (Å²) in [6.45, 7) is 2.60. The van der Waals surface area contributed by atoms with Crippen molar-refractivity contribution in [3.05, 3.63) is 108 Å². The molecule has 0 fully saturated rings. The van der Waals surface area contributed by atoms with E-state index in [9.17, 15) is 4.79 Å². The van der Waals surface area contributed by atoms with E-state index >= 15 is 0 Å². The van der Waals surface area contributed by atoms with Gasteiger partial charge < -0.3 is 9.88 Å². The second-order valence-electron chi connectivity index (χ2n) is 7.58. The van der Waals surface area contributed by atoms with E-state index < -0.39 is 0 Å². The Morgan fingerprint density at radius 3 is 2.53 bits per heavy atom. The molecule has 5 rings (SSSR count). The third-order valence-corrected chi connectivity index (χ3v) is 5.29. The summed E-state index contributed by atoms with van der Waals surface area (Å²) in [6.07, 6.45) is 3.55. The van der Waals surface area contributed by atoms with E-state index in [1.165, 1.54) is 5.56 Å². The highest BCUT2D eigenvalue weighted by Crippen LogP contribution is 2.21. The molecule has 5 aromatic rings. The Kier molecular flexibility index (Phi) is 5.17. The van der Waals surface area contributed by atoms with Gasteiger partial charge in [0.15, 0.2) is 0 Å². The van der Waals surface area contributed by atoms with Crippen molar-refractivity contribution in [2.24, 2.45) is 0 Å². The average molecular weight is 419 g/mol. The van der Waals surface area contributed by atoms with Crippen molar-refractivity contribution in [2.75, 3.05) is 5.32 Å². The van der Waals surface area contributed by atoms with Gasteiger partial charge in [0.1, 0.15) is 5.82 Å². The van der Waals surface area contributed by atoms with Crippen LogP contribution in [0.5, 0.6) is 0 Å². The Hall–Kier alpha value is -4.32. The molecule has 32 heavy (non-hydrogen) atoms. The number of carbonyl (C=O) groups is 1. The third-order valence-electron chi connectivity index (χ3n) is 5.29. The molecule has 0 saturated carbocycles. The van der Waals surface area contributed by atoms with Crippen LogP contribution in [0.2, 0.25) is 0 Å². The van der Waals surface area contributed by atoms with E-state index in [0.717, 1.165) is 40.3 Å². The fraction of sp³-hybridized carbons (Fsp3) is 0.0769. The van der Waals surface area contributed by atoms with E-state index in [4.69, 9.17) is 0 Å². The molecule has 0 aliphatic heterocycles. The molecule has 0 bridgehead atoms. The first-order valence-corrected chi connectivity index (χ1v) is 10.4. The number of hydrogen-bond acceptors (Lipinski definition) is 4.